The minimum Gasteiger partial charge on any atom is -0.356 e. The van der Waals surface area contributed by atoms with E-state index in [1.165, 1.54) is 0 Å². The van der Waals surface area contributed by atoms with Gasteiger partial charge in [0, 0.05) is 32.0 Å². The summed E-state index contributed by atoms with van der Waals surface area (Å²) in [5, 5.41) is 3.05. The van der Waals surface area contributed by atoms with E-state index in [0.717, 1.165) is 55.4 Å². The van der Waals surface area contributed by atoms with Gasteiger partial charge in [0.15, 0.2) is 0 Å². The van der Waals surface area contributed by atoms with Crippen LogP contribution >= 0.6 is 0 Å². The molecule has 0 saturated heterocycles. The summed E-state index contributed by atoms with van der Waals surface area (Å²) in [4.78, 5) is 31.5. The average molecular weight is 439 g/mol. The van der Waals surface area contributed by atoms with Crippen molar-refractivity contribution in [2.45, 2.75) is 58.9 Å². The molecule has 0 saturated carbocycles. The number of nitrogens with one attached hydrogen (secondary N) is 1. The van der Waals surface area contributed by atoms with Crippen LogP contribution in [0.5, 0.6) is 0 Å². The van der Waals surface area contributed by atoms with E-state index in [0.29, 0.717) is 19.6 Å². The van der Waals surface area contributed by atoms with Crippen molar-refractivity contribution in [1.29, 1.82) is 0 Å². The maximum atomic E-state index is 12.9. The van der Waals surface area contributed by atoms with Crippen molar-refractivity contribution in [1.82, 2.24) is 19.8 Å². The number of para-hydroxylation sites is 2. The summed E-state index contributed by atoms with van der Waals surface area (Å²) in [6.07, 6.45) is 8.93. The number of aromatic nitrogens is 2. The Labute approximate surface area is 192 Å². The number of fused-ring (bicyclic) bond motifs is 1. The van der Waals surface area contributed by atoms with E-state index in [1.807, 2.05) is 28.8 Å². The Morgan fingerprint density at radius 3 is 2.44 bits per heavy atom. The lowest BCUT2D eigenvalue weighted by Crippen LogP contribution is -2.34. The number of rotatable bonds is 15. The summed E-state index contributed by atoms with van der Waals surface area (Å²) in [6, 6.07) is 7.94. The number of unbranched alkanes of at least 4 members (excludes halogenated alkanes) is 2. The molecule has 0 fully saturated rings. The molecule has 2 amide bonds. The molecule has 0 aliphatic rings. The van der Waals surface area contributed by atoms with Crippen LogP contribution in [-0.2, 0) is 22.6 Å². The number of hydrogen-bond acceptors (Lipinski definition) is 3. The number of nitrogens with zero attached hydrogens (tertiary/aromatic N) is 3. The topological polar surface area (TPSA) is 67.2 Å². The van der Waals surface area contributed by atoms with Crippen LogP contribution < -0.4 is 5.32 Å². The molecule has 174 valence electrons. The van der Waals surface area contributed by atoms with Crippen LogP contribution in [0.1, 0.15) is 51.8 Å². The Kier molecular flexibility index (Phi) is 10.7. The summed E-state index contributed by atoms with van der Waals surface area (Å²) >= 11 is 0. The highest BCUT2D eigenvalue weighted by atomic mass is 16.2. The molecule has 0 radical (unpaired) electrons. The normalized spacial score (nSPS) is 11.0. The molecule has 0 unspecified atom stereocenters. The molecule has 2 rings (SSSR count). The fourth-order valence-corrected chi connectivity index (χ4v) is 3.92. The summed E-state index contributed by atoms with van der Waals surface area (Å²) in [6.45, 7) is 13.6. The van der Waals surface area contributed by atoms with Crippen molar-refractivity contribution in [3.05, 3.63) is 55.4 Å². The Morgan fingerprint density at radius 2 is 1.78 bits per heavy atom. The first-order valence-electron chi connectivity index (χ1n) is 11.8. The molecule has 0 aliphatic carbocycles. The smallest absolute Gasteiger partial charge is 0.243 e. The van der Waals surface area contributed by atoms with Crippen LogP contribution in [0.25, 0.3) is 11.0 Å². The maximum Gasteiger partial charge on any atom is 0.243 e. The van der Waals surface area contributed by atoms with Crippen LogP contribution in [0.2, 0.25) is 0 Å². The zero-order valence-corrected chi connectivity index (χ0v) is 19.7. The largest absolute Gasteiger partial charge is 0.356 e. The van der Waals surface area contributed by atoms with Crippen LogP contribution in [0, 0.1) is 5.92 Å². The number of carbonyl (C=O) groups excluding carboxylic acids is 2. The van der Waals surface area contributed by atoms with Gasteiger partial charge in [-0.1, -0.05) is 44.6 Å². The number of benzene rings is 1. The third kappa shape index (κ3) is 7.08. The minimum absolute atomic E-state index is 0.0262. The molecule has 1 aromatic heterocycles. The predicted molar refractivity (Wildman–Crippen MR) is 131 cm³/mol. The van der Waals surface area contributed by atoms with Gasteiger partial charge in [0.2, 0.25) is 11.8 Å². The third-order valence-corrected chi connectivity index (χ3v) is 5.81. The molecular weight excluding hydrogens is 400 g/mol. The predicted octanol–water partition coefficient (Wildman–Crippen LogP) is 4.50. The summed E-state index contributed by atoms with van der Waals surface area (Å²) in [5.74, 6) is 1.24. The van der Waals surface area contributed by atoms with E-state index in [1.54, 1.807) is 17.1 Å². The van der Waals surface area contributed by atoms with Gasteiger partial charge in [0.25, 0.3) is 0 Å². The van der Waals surface area contributed by atoms with Gasteiger partial charge >= 0.3 is 0 Å². The standard InChI is InChI=1S/C26H38N4O2/c1-5-18-29(19-6-2)25(31)20-30-23-15-12-11-14-22(23)28-24(30)16-10-9-13-17-27-26(32)21(7-3)8-4/h5-6,11-12,14-15,21H,1-2,7-10,13,16-20H2,3-4H3,(H,27,32). The SMILES string of the molecule is C=CCN(CC=C)C(=O)Cn1c(CCCCCNC(=O)C(CC)CC)nc2ccccc21. The molecule has 32 heavy (non-hydrogen) atoms. The minimum atomic E-state index is 0.0262. The summed E-state index contributed by atoms with van der Waals surface area (Å²) in [5.41, 5.74) is 1.89. The van der Waals surface area contributed by atoms with Crippen molar-refractivity contribution < 1.29 is 9.59 Å². The van der Waals surface area contributed by atoms with Gasteiger partial charge in [0.05, 0.1) is 11.0 Å². The fraction of sp³-hybridized carbons (Fsp3) is 0.500. The monoisotopic (exact) mass is 438 g/mol. The van der Waals surface area contributed by atoms with E-state index in [9.17, 15) is 9.59 Å². The Balaban J connectivity index is 1.97. The van der Waals surface area contributed by atoms with Crippen molar-refractivity contribution in [2.24, 2.45) is 5.92 Å². The van der Waals surface area contributed by atoms with Crippen molar-refractivity contribution in [3.63, 3.8) is 0 Å². The molecule has 6 heteroatoms. The first-order valence-corrected chi connectivity index (χ1v) is 11.8. The number of imidazole rings is 1. The van der Waals surface area contributed by atoms with Gasteiger partial charge in [0.1, 0.15) is 12.4 Å². The van der Waals surface area contributed by atoms with Crippen LogP contribution in [-0.4, -0.2) is 45.9 Å². The van der Waals surface area contributed by atoms with Crippen molar-refractivity contribution in [3.8, 4) is 0 Å². The first kappa shape index (κ1) is 25.4. The van der Waals surface area contributed by atoms with Gasteiger partial charge in [-0.3, -0.25) is 9.59 Å². The van der Waals surface area contributed by atoms with Crippen LogP contribution in [0.4, 0.5) is 0 Å². The van der Waals surface area contributed by atoms with Gasteiger partial charge < -0.3 is 14.8 Å². The molecule has 2 aromatic rings. The van der Waals surface area contributed by atoms with E-state index < -0.39 is 0 Å². The van der Waals surface area contributed by atoms with Gasteiger partial charge in [-0.15, -0.1) is 13.2 Å². The number of hydrogen-bond donors (Lipinski definition) is 1. The molecule has 1 heterocycles. The van der Waals surface area contributed by atoms with Crippen molar-refractivity contribution in [2.75, 3.05) is 19.6 Å². The molecule has 1 aromatic carbocycles. The quantitative estimate of drug-likeness (QED) is 0.329. The van der Waals surface area contributed by atoms with Crippen molar-refractivity contribution >= 4 is 22.8 Å². The Bertz CT molecular complexity index is 888. The molecule has 6 nitrogen and oxygen atoms in total. The summed E-state index contributed by atoms with van der Waals surface area (Å²) < 4.78 is 2.03. The molecule has 0 spiro atoms. The number of amides is 2. The zero-order chi connectivity index (χ0) is 23.3. The zero-order valence-electron chi connectivity index (χ0n) is 19.7. The Morgan fingerprint density at radius 1 is 1.09 bits per heavy atom. The fourth-order valence-electron chi connectivity index (χ4n) is 3.92. The second-order valence-electron chi connectivity index (χ2n) is 8.09. The van der Waals surface area contributed by atoms with Gasteiger partial charge in [-0.05, 0) is 37.8 Å². The lowest BCUT2D eigenvalue weighted by atomic mass is 10.0. The molecule has 0 aliphatic heterocycles. The van der Waals surface area contributed by atoms with Gasteiger partial charge in [-0.2, -0.15) is 0 Å². The van der Waals surface area contributed by atoms with Crippen LogP contribution in [0.15, 0.2) is 49.6 Å². The lowest BCUT2D eigenvalue weighted by molar-refractivity contribution is -0.130. The second-order valence-corrected chi connectivity index (χ2v) is 8.09. The van der Waals surface area contributed by atoms with E-state index in [-0.39, 0.29) is 24.3 Å². The van der Waals surface area contributed by atoms with Gasteiger partial charge in [-0.25, -0.2) is 4.98 Å². The molecule has 1 N–H and O–H groups in total. The average Bonchev–Trinajstić information content (AvgIpc) is 3.14. The second kappa shape index (κ2) is 13.5. The molecule has 0 bridgehead atoms. The number of carbonyl (C=O) groups is 2. The highest BCUT2D eigenvalue weighted by molar-refractivity contribution is 5.81. The number of aryl methyl sites for hydroxylation is 1. The van der Waals surface area contributed by atoms with E-state index in [2.05, 4.69) is 32.3 Å². The lowest BCUT2D eigenvalue weighted by Gasteiger charge is -2.20. The van der Waals surface area contributed by atoms with Crippen LogP contribution in [0.3, 0.4) is 0 Å². The third-order valence-electron chi connectivity index (χ3n) is 5.81. The first-order chi connectivity index (χ1) is 15.5. The molecular formula is C26H38N4O2. The Hall–Kier alpha value is -2.89. The van der Waals surface area contributed by atoms with E-state index >= 15 is 0 Å². The van der Waals surface area contributed by atoms with E-state index in [4.69, 9.17) is 4.98 Å². The molecule has 0 atom stereocenters. The highest BCUT2D eigenvalue weighted by Gasteiger charge is 2.17. The highest BCUT2D eigenvalue weighted by Crippen LogP contribution is 2.18. The maximum absolute atomic E-state index is 12.9. The summed E-state index contributed by atoms with van der Waals surface area (Å²) in [7, 11) is 0.